The molecule has 1 aromatic carbocycles. The summed E-state index contributed by atoms with van der Waals surface area (Å²) in [7, 11) is 0. The first-order chi connectivity index (χ1) is 11.2. The lowest BCUT2D eigenvalue weighted by Gasteiger charge is -2.35. The first-order valence-electron chi connectivity index (χ1n) is 7.69. The Morgan fingerprint density at radius 3 is 2.50 bits per heavy atom. The summed E-state index contributed by atoms with van der Waals surface area (Å²) in [4.78, 5) is 13.9. The molecule has 0 saturated carbocycles. The van der Waals surface area contributed by atoms with E-state index in [9.17, 15) is 23.1 Å². The average Bonchev–Trinajstić information content (AvgIpc) is 2.50. The number of carbonyl (C=O) groups excluding carboxylic acids is 1. The maximum Gasteiger partial charge on any atom is 0.418 e. The predicted molar refractivity (Wildman–Crippen MR) is 82.5 cm³/mol. The van der Waals surface area contributed by atoms with Gasteiger partial charge in [-0.2, -0.15) is 13.2 Å². The molecule has 0 aromatic heterocycles. The van der Waals surface area contributed by atoms with Gasteiger partial charge >= 0.3 is 6.18 Å². The van der Waals surface area contributed by atoms with Gasteiger partial charge in [0.05, 0.1) is 18.8 Å². The SMILES string of the molecule is C[C@@H]1CN(C(=O)CNc2ccccc2[C@@H](O)C(F)(F)F)C[C@@H](C)O1. The Morgan fingerprint density at radius 2 is 1.92 bits per heavy atom. The summed E-state index contributed by atoms with van der Waals surface area (Å²) >= 11 is 0. The molecule has 1 aromatic rings. The second-order valence-electron chi connectivity index (χ2n) is 5.94. The molecule has 1 heterocycles. The lowest BCUT2D eigenvalue weighted by atomic mass is 10.1. The van der Waals surface area contributed by atoms with Crippen LogP contribution >= 0.6 is 0 Å². The van der Waals surface area contributed by atoms with Crippen LogP contribution in [0.4, 0.5) is 18.9 Å². The van der Waals surface area contributed by atoms with Gasteiger partial charge in [-0.25, -0.2) is 0 Å². The number of aliphatic hydroxyl groups excluding tert-OH is 1. The second kappa shape index (κ2) is 7.40. The largest absolute Gasteiger partial charge is 0.418 e. The van der Waals surface area contributed by atoms with Crippen LogP contribution in [-0.2, 0) is 9.53 Å². The Bertz CT molecular complexity index is 570. The third-order valence-electron chi connectivity index (χ3n) is 3.77. The van der Waals surface area contributed by atoms with Crippen LogP contribution in [0.15, 0.2) is 24.3 Å². The quantitative estimate of drug-likeness (QED) is 0.878. The van der Waals surface area contributed by atoms with Crippen LogP contribution in [0.2, 0.25) is 0 Å². The zero-order valence-electron chi connectivity index (χ0n) is 13.5. The molecule has 24 heavy (non-hydrogen) atoms. The Kier molecular flexibility index (Phi) is 5.71. The summed E-state index contributed by atoms with van der Waals surface area (Å²) in [6.07, 6.45) is -7.54. The van der Waals surface area contributed by atoms with E-state index < -0.39 is 12.3 Å². The summed E-state index contributed by atoms with van der Waals surface area (Å²) in [6.45, 7) is 4.45. The monoisotopic (exact) mass is 346 g/mol. The van der Waals surface area contributed by atoms with Gasteiger partial charge in [-0.05, 0) is 19.9 Å². The van der Waals surface area contributed by atoms with Gasteiger partial charge in [-0.3, -0.25) is 4.79 Å². The molecule has 0 unspecified atom stereocenters. The normalized spacial score (nSPS) is 23.0. The van der Waals surface area contributed by atoms with Gasteiger partial charge in [-0.1, -0.05) is 18.2 Å². The summed E-state index contributed by atoms with van der Waals surface area (Å²) in [6, 6.07) is 5.53. The number of alkyl halides is 3. The van der Waals surface area contributed by atoms with E-state index in [0.29, 0.717) is 13.1 Å². The summed E-state index contributed by atoms with van der Waals surface area (Å²) in [5, 5.41) is 12.1. The van der Waals surface area contributed by atoms with Crippen LogP contribution in [-0.4, -0.2) is 53.9 Å². The van der Waals surface area contributed by atoms with Crippen molar-refractivity contribution in [2.45, 2.75) is 38.3 Å². The minimum Gasteiger partial charge on any atom is -0.379 e. The number of benzene rings is 1. The summed E-state index contributed by atoms with van der Waals surface area (Å²) in [5.41, 5.74) is -0.216. The highest BCUT2D eigenvalue weighted by Gasteiger charge is 2.40. The number of hydrogen-bond acceptors (Lipinski definition) is 4. The van der Waals surface area contributed by atoms with Crippen molar-refractivity contribution < 1.29 is 27.8 Å². The van der Waals surface area contributed by atoms with E-state index in [1.807, 2.05) is 13.8 Å². The zero-order valence-corrected chi connectivity index (χ0v) is 13.5. The van der Waals surface area contributed by atoms with Crippen molar-refractivity contribution in [2.75, 3.05) is 25.0 Å². The predicted octanol–water partition coefficient (Wildman–Crippen LogP) is 2.33. The third-order valence-corrected chi connectivity index (χ3v) is 3.77. The van der Waals surface area contributed by atoms with Crippen LogP contribution < -0.4 is 5.32 Å². The van der Waals surface area contributed by atoms with E-state index in [4.69, 9.17) is 4.74 Å². The van der Waals surface area contributed by atoms with Crippen molar-refractivity contribution in [3.05, 3.63) is 29.8 Å². The van der Waals surface area contributed by atoms with Crippen molar-refractivity contribution in [2.24, 2.45) is 0 Å². The number of morpholine rings is 1. The highest BCUT2D eigenvalue weighted by atomic mass is 19.4. The number of ether oxygens (including phenoxy) is 1. The molecule has 0 aliphatic carbocycles. The number of carbonyl (C=O) groups is 1. The molecule has 134 valence electrons. The molecule has 1 aliphatic heterocycles. The average molecular weight is 346 g/mol. The fraction of sp³-hybridized carbons (Fsp3) is 0.562. The van der Waals surface area contributed by atoms with Crippen molar-refractivity contribution >= 4 is 11.6 Å². The molecule has 1 aliphatic rings. The van der Waals surface area contributed by atoms with Crippen molar-refractivity contribution in [3.63, 3.8) is 0 Å². The number of aliphatic hydroxyl groups is 1. The van der Waals surface area contributed by atoms with Gasteiger partial charge in [0.15, 0.2) is 6.10 Å². The lowest BCUT2D eigenvalue weighted by Crippen LogP contribution is -2.49. The molecule has 3 atom stereocenters. The van der Waals surface area contributed by atoms with Gasteiger partial charge in [0.2, 0.25) is 5.91 Å². The number of nitrogens with zero attached hydrogens (tertiary/aromatic N) is 1. The van der Waals surface area contributed by atoms with Crippen LogP contribution in [0.3, 0.4) is 0 Å². The number of rotatable bonds is 4. The minimum absolute atomic E-state index is 0.0861. The van der Waals surface area contributed by atoms with E-state index in [1.54, 1.807) is 4.90 Å². The fourth-order valence-corrected chi connectivity index (χ4v) is 2.74. The molecular weight excluding hydrogens is 325 g/mol. The van der Waals surface area contributed by atoms with Gasteiger partial charge in [0, 0.05) is 24.3 Å². The Labute approximate surface area is 138 Å². The lowest BCUT2D eigenvalue weighted by molar-refractivity contribution is -0.206. The van der Waals surface area contributed by atoms with E-state index in [-0.39, 0.29) is 35.9 Å². The molecule has 2 N–H and O–H groups in total. The van der Waals surface area contributed by atoms with Gasteiger partial charge in [0.1, 0.15) is 0 Å². The van der Waals surface area contributed by atoms with E-state index in [0.717, 1.165) is 0 Å². The molecule has 2 rings (SSSR count). The molecule has 0 bridgehead atoms. The molecule has 0 radical (unpaired) electrons. The van der Waals surface area contributed by atoms with Gasteiger partial charge < -0.3 is 20.1 Å². The maximum atomic E-state index is 12.7. The molecule has 1 amide bonds. The minimum atomic E-state index is -4.77. The summed E-state index contributed by atoms with van der Waals surface area (Å²) in [5.74, 6) is -0.228. The van der Waals surface area contributed by atoms with Crippen LogP contribution in [0.25, 0.3) is 0 Å². The molecule has 0 spiro atoms. The maximum absolute atomic E-state index is 12.7. The first-order valence-corrected chi connectivity index (χ1v) is 7.69. The highest BCUT2D eigenvalue weighted by molar-refractivity contribution is 5.81. The van der Waals surface area contributed by atoms with E-state index in [1.165, 1.54) is 24.3 Å². The number of halogens is 3. The van der Waals surface area contributed by atoms with Crippen molar-refractivity contribution in [1.82, 2.24) is 4.90 Å². The topological polar surface area (TPSA) is 61.8 Å². The Morgan fingerprint density at radius 1 is 1.33 bits per heavy atom. The number of nitrogens with one attached hydrogen (secondary N) is 1. The second-order valence-corrected chi connectivity index (χ2v) is 5.94. The van der Waals surface area contributed by atoms with E-state index in [2.05, 4.69) is 5.32 Å². The molecule has 1 saturated heterocycles. The Balaban J connectivity index is 2.03. The highest BCUT2D eigenvalue weighted by Crippen LogP contribution is 2.35. The molecule has 1 fully saturated rings. The Hall–Kier alpha value is -1.80. The summed E-state index contributed by atoms with van der Waals surface area (Å²) < 4.78 is 43.7. The van der Waals surface area contributed by atoms with Gasteiger partial charge in [-0.15, -0.1) is 0 Å². The molecule has 5 nitrogen and oxygen atoms in total. The number of para-hydroxylation sites is 1. The third kappa shape index (κ3) is 4.61. The van der Waals surface area contributed by atoms with Gasteiger partial charge in [0.25, 0.3) is 0 Å². The zero-order chi connectivity index (χ0) is 17.9. The van der Waals surface area contributed by atoms with Crippen LogP contribution in [0.5, 0.6) is 0 Å². The fourth-order valence-electron chi connectivity index (χ4n) is 2.74. The first kappa shape index (κ1) is 18.5. The standard InChI is InChI=1S/C16H21F3N2O3/c1-10-8-21(9-11(2)24-10)14(22)7-20-13-6-4-3-5-12(13)15(23)16(17,18)19/h3-6,10-11,15,20,23H,7-9H2,1-2H3/t10-,11-,15-/m1/s1. The smallest absolute Gasteiger partial charge is 0.379 e. The van der Waals surface area contributed by atoms with Crippen molar-refractivity contribution in [3.8, 4) is 0 Å². The molecule has 8 heteroatoms. The number of amides is 1. The van der Waals surface area contributed by atoms with E-state index >= 15 is 0 Å². The van der Waals surface area contributed by atoms with Crippen LogP contribution in [0, 0.1) is 0 Å². The van der Waals surface area contributed by atoms with Crippen LogP contribution in [0.1, 0.15) is 25.5 Å². The number of hydrogen-bond donors (Lipinski definition) is 2. The van der Waals surface area contributed by atoms with Crippen molar-refractivity contribution in [1.29, 1.82) is 0 Å². The molecular formula is C16H21F3N2O3. The number of anilines is 1.